The van der Waals surface area contributed by atoms with E-state index >= 15 is 0 Å². The van der Waals surface area contributed by atoms with Crippen LogP contribution in [0.3, 0.4) is 0 Å². The van der Waals surface area contributed by atoms with E-state index in [-0.39, 0.29) is 5.82 Å². The summed E-state index contributed by atoms with van der Waals surface area (Å²) in [5, 5.41) is 3.30. The Morgan fingerprint density at radius 1 is 1.44 bits per heavy atom. The van der Waals surface area contributed by atoms with E-state index in [2.05, 4.69) is 5.32 Å². The number of rotatable bonds is 5. The van der Waals surface area contributed by atoms with Gasteiger partial charge in [-0.15, -0.1) is 0 Å². The Morgan fingerprint density at radius 3 is 2.88 bits per heavy atom. The summed E-state index contributed by atoms with van der Waals surface area (Å²) in [6.45, 7) is 1.58. The molecular formula is C13H18FNO. The fourth-order valence-corrected chi connectivity index (χ4v) is 1.96. The van der Waals surface area contributed by atoms with Gasteiger partial charge in [0.15, 0.2) is 11.6 Å². The van der Waals surface area contributed by atoms with Gasteiger partial charge in [-0.25, -0.2) is 4.39 Å². The molecule has 0 saturated heterocycles. The molecule has 0 aromatic heterocycles. The number of halogens is 1. The standard InChI is InChI=1S/C13H18FNO/c1-16-12-7-3-6-11(13(12)14)9-15-8-10-4-2-5-10/h3,6-7,10,15H,2,4-5,8-9H2,1H3. The molecule has 2 rings (SSSR count). The quantitative estimate of drug-likeness (QED) is 0.828. The smallest absolute Gasteiger partial charge is 0.169 e. The van der Waals surface area contributed by atoms with Crippen LogP contribution >= 0.6 is 0 Å². The van der Waals surface area contributed by atoms with Gasteiger partial charge in [-0.1, -0.05) is 18.6 Å². The van der Waals surface area contributed by atoms with Gasteiger partial charge in [0.05, 0.1) is 7.11 Å². The molecule has 88 valence electrons. The van der Waals surface area contributed by atoms with E-state index in [0.29, 0.717) is 17.9 Å². The highest BCUT2D eigenvalue weighted by atomic mass is 19.1. The lowest BCUT2D eigenvalue weighted by Crippen LogP contribution is -2.27. The number of methoxy groups -OCH3 is 1. The van der Waals surface area contributed by atoms with Gasteiger partial charge in [0, 0.05) is 12.1 Å². The lowest BCUT2D eigenvalue weighted by molar-refractivity contribution is 0.300. The van der Waals surface area contributed by atoms with Gasteiger partial charge in [-0.2, -0.15) is 0 Å². The Morgan fingerprint density at radius 2 is 2.25 bits per heavy atom. The third-order valence-electron chi connectivity index (χ3n) is 3.24. The van der Waals surface area contributed by atoms with Gasteiger partial charge in [0.1, 0.15) is 0 Å². The fourth-order valence-electron chi connectivity index (χ4n) is 1.96. The number of hydrogen-bond acceptors (Lipinski definition) is 2. The van der Waals surface area contributed by atoms with Crippen LogP contribution in [0.2, 0.25) is 0 Å². The minimum Gasteiger partial charge on any atom is -0.494 e. The summed E-state index contributed by atoms with van der Waals surface area (Å²) < 4.78 is 18.7. The molecule has 3 heteroatoms. The van der Waals surface area contributed by atoms with Crippen LogP contribution in [-0.2, 0) is 6.54 Å². The molecule has 2 nitrogen and oxygen atoms in total. The molecular weight excluding hydrogens is 205 g/mol. The molecule has 0 atom stereocenters. The molecule has 1 saturated carbocycles. The zero-order valence-electron chi connectivity index (χ0n) is 9.63. The zero-order chi connectivity index (χ0) is 11.4. The van der Waals surface area contributed by atoms with Crippen molar-refractivity contribution < 1.29 is 9.13 Å². The van der Waals surface area contributed by atoms with E-state index in [4.69, 9.17) is 4.74 Å². The third kappa shape index (κ3) is 2.53. The summed E-state index contributed by atoms with van der Waals surface area (Å²) in [5.74, 6) is 0.878. The van der Waals surface area contributed by atoms with Crippen molar-refractivity contribution in [2.75, 3.05) is 13.7 Å². The molecule has 0 spiro atoms. The van der Waals surface area contributed by atoms with Gasteiger partial charge >= 0.3 is 0 Å². The topological polar surface area (TPSA) is 21.3 Å². The summed E-state index contributed by atoms with van der Waals surface area (Å²) in [4.78, 5) is 0. The highest BCUT2D eigenvalue weighted by Gasteiger charge is 2.16. The van der Waals surface area contributed by atoms with E-state index in [9.17, 15) is 4.39 Å². The third-order valence-corrected chi connectivity index (χ3v) is 3.24. The second-order valence-corrected chi connectivity index (χ2v) is 4.36. The minimum absolute atomic E-state index is 0.244. The van der Waals surface area contributed by atoms with Crippen molar-refractivity contribution in [3.63, 3.8) is 0 Å². The molecule has 1 fully saturated rings. The van der Waals surface area contributed by atoms with E-state index < -0.39 is 0 Å². The Labute approximate surface area is 95.8 Å². The van der Waals surface area contributed by atoms with Crippen molar-refractivity contribution in [2.24, 2.45) is 5.92 Å². The van der Waals surface area contributed by atoms with E-state index in [0.717, 1.165) is 12.5 Å². The van der Waals surface area contributed by atoms with Crippen LogP contribution in [0.15, 0.2) is 18.2 Å². The van der Waals surface area contributed by atoms with Crippen molar-refractivity contribution >= 4 is 0 Å². The lowest BCUT2D eigenvalue weighted by Gasteiger charge is -2.25. The van der Waals surface area contributed by atoms with Gasteiger partial charge in [0.2, 0.25) is 0 Å². The molecule has 1 aliphatic carbocycles. The maximum absolute atomic E-state index is 13.7. The SMILES string of the molecule is COc1cccc(CNCC2CCC2)c1F. The monoisotopic (exact) mass is 223 g/mol. The molecule has 0 unspecified atom stereocenters. The van der Waals surface area contributed by atoms with Crippen LogP contribution in [0.4, 0.5) is 4.39 Å². The fraction of sp³-hybridized carbons (Fsp3) is 0.538. The van der Waals surface area contributed by atoms with Gasteiger partial charge in [0.25, 0.3) is 0 Å². The van der Waals surface area contributed by atoms with Crippen molar-refractivity contribution in [3.8, 4) is 5.75 Å². The zero-order valence-corrected chi connectivity index (χ0v) is 9.63. The average Bonchev–Trinajstić information content (AvgIpc) is 2.24. The van der Waals surface area contributed by atoms with Crippen LogP contribution in [-0.4, -0.2) is 13.7 Å². The largest absolute Gasteiger partial charge is 0.494 e. The summed E-state index contributed by atoms with van der Waals surface area (Å²) in [5.41, 5.74) is 0.679. The molecule has 0 bridgehead atoms. The number of nitrogens with one attached hydrogen (secondary N) is 1. The minimum atomic E-state index is -0.244. The highest BCUT2D eigenvalue weighted by Crippen LogP contribution is 2.25. The molecule has 16 heavy (non-hydrogen) atoms. The second-order valence-electron chi connectivity index (χ2n) is 4.36. The molecule has 0 amide bonds. The summed E-state index contributed by atoms with van der Waals surface area (Å²) >= 11 is 0. The van der Waals surface area contributed by atoms with Gasteiger partial charge in [-0.05, 0) is 31.4 Å². The highest BCUT2D eigenvalue weighted by molar-refractivity contribution is 5.30. The summed E-state index contributed by atoms with van der Waals surface area (Å²) in [6.07, 6.45) is 3.97. The predicted octanol–water partition coefficient (Wildman–Crippen LogP) is 2.72. The average molecular weight is 223 g/mol. The maximum Gasteiger partial charge on any atom is 0.169 e. The predicted molar refractivity (Wildman–Crippen MR) is 62.0 cm³/mol. The first-order valence-electron chi connectivity index (χ1n) is 5.83. The van der Waals surface area contributed by atoms with Crippen molar-refractivity contribution in [1.82, 2.24) is 5.32 Å². The summed E-state index contributed by atoms with van der Waals surface area (Å²) in [6, 6.07) is 5.26. The number of benzene rings is 1. The Balaban J connectivity index is 1.87. The van der Waals surface area contributed by atoms with E-state index in [1.165, 1.54) is 26.4 Å². The molecule has 1 N–H and O–H groups in total. The van der Waals surface area contributed by atoms with Crippen molar-refractivity contribution in [2.45, 2.75) is 25.8 Å². The van der Waals surface area contributed by atoms with E-state index in [1.54, 1.807) is 12.1 Å². The second kappa shape index (κ2) is 5.30. The Hall–Kier alpha value is -1.09. The molecule has 0 radical (unpaired) electrons. The van der Waals surface area contributed by atoms with Gasteiger partial charge < -0.3 is 10.1 Å². The first-order valence-corrected chi connectivity index (χ1v) is 5.83. The number of hydrogen-bond donors (Lipinski definition) is 1. The molecule has 0 heterocycles. The first-order chi connectivity index (χ1) is 7.81. The first kappa shape index (κ1) is 11.4. The summed E-state index contributed by atoms with van der Waals surface area (Å²) in [7, 11) is 1.49. The number of ether oxygens (including phenoxy) is 1. The Bertz CT molecular complexity index is 350. The molecule has 1 aromatic carbocycles. The van der Waals surface area contributed by atoms with E-state index in [1.807, 2.05) is 6.07 Å². The molecule has 0 aliphatic heterocycles. The lowest BCUT2D eigenvalue weighted by atomic mass is 9.85. The van der Waals surface area contributed by atoms with Crippen molar-refractivity contribution in [1.29, 1.82) is 0 Å². The molecule has 1 aromatic rings. The molecule has 1 aliphatic rings. The van der Waals surface area contributed by atoms with Gasteiger partial charge in [-0.3, -0.25) is 0 Å². The van der Waals surface area contributed by atoms with Crippen LogP contribution in [0.1, 0.15) is 24.8 Å². The maximum atomic E-state index is 13.7. The van der Waals surface area contributed by atoms with Crippen molar-refractivity contribution in [3.05, 3.63) is 29.6 Å². The van der Waals surface area contributed by atoms with Crippen LogP contribution in [0.25, 0.3) is 0 Å². The van der Waals surface area contributed by atoms with Crippen LogP contribution in [0.5, 0.6) is 5.75 Å². The normalized spacial score (nSPS) is 15.9. The van der Waals surface area contributed by atoms with Crippen LogP contribution in [0, 0.1) is 11.7 Å². The Kier molecular flexibility index (Phi) is 3.78. The van der Waals surface area contributed by atoms with Crippen LogP contribution < -0.4 is 10.1 Å².